The van der Waals surface area contributed by atoms with Gasteiger partial charge in [0.15, 0.2) is 0 Å². The Bertz CT molecular complexity index is 292. The largest absolute Gasteiger partial charge is 0.481 e. The lowest BCUT2D eigenvalue weighted by Crippen LogP contribution is -2.26. The maximum Gasteiger partial charge on any atom is 0.304 e. The first-order valence-corrected chi connectivity index (χ1v) is 5.27. The van der Waals surface area contributed by atoms with Gasteiger partial charge < -0.3 is 5.11 Å². The van der Waals surface area contributed by atoms with Crippen molar-refractivity contribution in [3.05, 3.63) is 30.1 Å². The minimum Gasteiger partial charge on any atom is -0.481 e. The van der Waals surface area contributed by atoms with E-state index in [1.807, 2.05) is 35.0 Å². The number of halogens is 1. The Hall–Kier alpha value is -0.690. The van der Waals surface area contributed by atoms with E-state index in [2.05, 4.69) is 8.51 Å². The van der Waals surface area contributed by atoms with Crippen molar-refractivity contribution in [1.82, 2.24) is 8.51 Å². The van der Waals surface area contributed by atoms with Crippen LogP contribution in [0.15, 0.2) is 24.5 Å². The van der Waals surface area contributed by atoms with Crippen LogP contribution in [0.3, 0.4) is 0 Å². The van der Waals surface area contributed by atoms with Crippen molar-refractivity contribution in [2.45, 2.75) is 18.9 Å². The summed E-state index contributed by atoms with van der Waals surface area (Å²) in [6.07, 6.45) is 4.25. The van der Waals surface area contributed by atoms with E-state index in [-0.39, 0.29) is 12.5 Å². The van der Waals surface area contributed by atoms with E-state index in [0.717, 1.165) is 5.56 Å². The third-order valence-electron chi connectivity index (χ3n) is 1.81. The summed E-state index contributed by atoms with van der Waals surface area (Å²) in [4.78, 5) is 14.4. The zero-order chi connectivity index (χ0) is 10.4. The smallest absolute Gasteiger partial charge is 0.304 e. The molecule has 0 spiro atoms. The van der Waals surface area contributed by atoms with Gasteiger partial charge in [0.1, 0.15) is 0 Å². The van der Waals surface area contributed by atoms with Crippen molar-refractivity contribution in [2.24, 2.45) is 0 Å². The standard InChI is InChI=1S/C9H11IN2O2/c10-12-8(6-9(13)14)5-7-1-3-11-4-2-7/h1-4,8,12H,5-6H2,(H,13,14). The van der Waals surface area contributed by atoms with Crippen LogP contribution in [0.4, 0.5) is 0 Å². The van der Waals surface area contributed by atoms with Crippen LogP contribution < -0.4 is 3.53 Å². The molecule has 0 amide bonds. The lowest BCUT2D eigenvalue weighted by Gasteiger charge is -2.11. The number of carboxylic acids is 1. The molecule has 0 aliphatic carbocycles. The zero-order valence-corrected chi connectivity index (χ0v) is 9.64. The highest BCUT2D eigenvalue weighted by atomic mass is 127. The second-order valence-corrected chi connectivity index (χ2v) is 3.59. The number of carbonyl (C=O) groups is 1. The fourth-order valence-electron chi connectivity index (χ4n) is 1.16. The van der Waals surface area contributed by atoms with Crippen LogP contribution in [0, 0.1) is 0 Å². The first-order chi connectivity index (χ1) is 6.72. The lowest BCUT2D eigenvalue weighted by atomic mass is 10.1. The monoisotopic (exact) mass is 306 g/mol. The van der Waals surface area contributed by atoms with Crippen molar-refractivity contribution in [3.8, 4) is 0 Å². The Morgan fingerprint density at radius 1 is 1.57 bits per heavy atom. The lowest BCUT2D eigenvalue weighted by molar-refractivity contribution is -0.137. The Balaban J connectivity index is 2.53. The number of hydrogen-bond donors (Lipinski definition) is 2. The molecule has 1 atom stereocenters. The van der Waals surface area contributed by atoms with Crippen LogP contribution in [-0.2, 0) is 11.2 Å². The van der Waals surface area contributed by atoms with Crippen LogP contribution in [-0.4, -0.2) is 22.1 Å². The molecule has 5 heteroatoms. The number of rotatable bonds is 5. The molecular formula is C9H11IN2O2. The Labute approximate surface area is 96.2 Å². The van der Waals surface area contributed by atoms with Crippen molar-refractivity contribution >= 4 is 28.8 Å². The number of aromatic nitrogens is 1. The summed E-state index contributed by atoms with van der Waals surface area (Å²) in [5, 5.41) is 8.64. The highest BCUT2D eigenvalue weighted by Gasteiger charge is 2.11. The number of nitrogens with zero attached hydrogens (tertiary/aromatic N) is 1. The summed E-state index contributed by atoms with van der Waals surface area (Å²) in [5.74, 6) is -0.784. The van der Waals surface area contributed by atoms with E-state index in [0.29, 0.717) is 6.42 Å². The van der Waals surface area contributed by atoms with Gasteiger partial charge in [-0.05, 0) is 24.1 Å². The van der Waals surface area contributed by atoms with Gasteiger partial charge >= 0.3 is 5.97 Å². The van der Waals surface area contributed by atoms with Gasteiger partial charge in [0.25, 0.3) is 0 Å². The van der Waals surface area contributed by atoms with E-state index in [1.165, 1.54) is 0 Å². The van der Waals surface area contributed by atoms with Crippen molar-refractivity contribution < 1.29 is 9.90 Å². The summed E-state index contributed by atoms with van der Waals surface area (Å²) < 4.78 is 2.95. The predicted molar refractivity (Wildman–Crippen MR) is 61.1 cm³/mol. The average molecular weight is 306 g/mol. The van der Waals surface area contributed by atoms with Gasteiger partial charge in [0, 0.05) is 41.3 Å². The molecule has 0 aliphatic rings. The second-order valence-electron chi connectivity index (χ2n) is 2.96. The molecule has 1 aromatic heterocycles. The average Bonchev–Trinajstić information content (AvgIpc) is 2.17. The molecule has 0 saturated heterocycles. The number of carboxylic acid groups (broad SMARTS) is 1. The molecule has 1 heterocycles. The van der Waals surface area contributed by atoms with Gasteiger partial charge in [-0.1, -0.05) is 0 Å². The molecule has 0 bridgehead atoms. The highest BCUT2D eigenvalue weighted by molar-refractivity contribution is 14.1. The molecule has 2 N–H and O–H groups in total. The van der Waals surface area contributed by atoms with Gasteiger partial charge in [-0.15, -0.1) is 0 Å². The molecule has 0 aromatic carbocycles. The Morgan fingerprint density at radius 3 is 2.71 bits per heavy atom. The number of nitrogens with one attached hydrogen (secondary N) is 1. The summed E-state index contributed by atoms with van der Waals surface area (Å²) in [7, 11) is 0. The van der Waals surface area contributed by atoms with Crippen molar-refractivity contribution in [3.63, 3.8) is 0 Å². The molecule has 76 valence electrons. The van der Waals surface area contributed by atoms with E-state index < -0.39 is 5.97 Å². The molecule has 1 unspecified atom stereocenters. The van der Waals surface area contributed by atoms with Crippen LogP contribution in [0.1, 0.15) is 12.0 Å². The predicted octanol–water partition coefficient (Wildman–Crippen LogP) is 1.41. The summed E-state index contributed by atoms with van der Waals surface area (Å²) in [6, 6.07) is 3.75. The second kappa shape index (κ2) is 5.92. The van der Waals surface area contributed by atoms with E-state index in [4.69, 9.17) is 5.11 Å². The van der Waals surface area contributed by atoms with Gasteiger partial charge in [-0.25, -0.2) is 0 Å². The molecule has 4 nitrogen and oxygen atoms in total. The minimum absolute atomic E-state index is 0.0319. The first kappa shape index (κ1) is 11.4. The quantitative estimate of drug-likeness (QED) is 0.638. The van der Waals surface area contributed by atoms with Crippen molar-refractivity contribution in [2.75, 3.05) is 0 Å². The molecular weight excluding hydrogens is 295 g/mol. The number of hydrogen-bond acceptors (Lipinski definition) is 3. The molecule has 1 aromatic rings. The number of aliphatic carboxylic acids is 1. The maximum atomic E-state index is 10.5. The third-order valence-corrected chi connectivity index (χ3v) is 2.69. The fraction of sp³-hybridized carbons (Fsp3) is 0.333. The summed E-state index contributed by atoms with van der Waals surface area (Å²) in [6.45, 7) is 0. The van der Waals surface area contributed by atoms with E-state index in [1.54, 1.807) is 12.4 Å². The normalized spacial score (nSPS) is 12.4. The molecule has 14 heavy (non-hydrogen) atoms. The van der Waals surface area contributed by atoms with E-state index in [9.17, 15) is 4.79 Å². The van der Waals surface area contributed by atoms with E-state index >= 15 is 0 Å². The minimum atomic E-state index is -0.784. The molecule has 0 saturated carbocycles. The highest BCUT2D eigenvalue weighted by Crippen LogP contribution is 2.05. The van der Waals surface area contributed by atoms with Gasteiger partial charge in [-0.2, -0.15) is 0 Å². The number of pyridine rings is 1. The summed E-state index contributed by atoms with van der Waals surface area (Å²) >= 11 is 1.98. The van der Waals surface area contributed by atoms with Crippen molar-refractivity contribution in [1.29, 1.82) is 0 Å². The SMILES string of the molecule is O=C(O)CC(Cc1ccncc1)NI. The maximum absolute atomic E-state index is 10.5. The Kier molecular flexibility index (Phi) is 4.81. The molecule has 0 aliphatic heterocycles. The van der Waals surface area contributed by atoms with Gasteiger partial charge in [0.2, 0.25) is 0 Å². The topological polar surface area (TPSA) is 62.2 Å². The van der Waals surface area contributed by atoms with Crippen LogP contribution in [0.25, 0.3) is 0 Å². The van der Waals surface area contributed by atoms with Crippen LogP contribution >= 0.6 is 22.9 Å². The summed E-state index contributed by atoms with van der Waals surface area (Å²) in [5.41, 5.74) is 1.09. The van der Waals surface area contributed by atoms with Crippen LogP contribution in [0.5, 0.6) is 0 Å². The zero-order valence-electron chi connectivity index (χ0n) is 7.48. The first-order valence-electron chi connectivity index (χ1n) is 4.19. The molecule has 0 radical (unpaired) electrons. The van der Waals surface area contributed by atoms with Gasteiger partial charge in [0.05, 0.1) is 6.42 Å². The Morgan fingerprint density at radius 2 is 2.21 bits per heavy atom. The van der Waals surface area contributed by atoms with Crippen LogP contribution in [0.2, 0.25) is 0 Å². The molecule has 0 fully saturated rings. The fourth-order valence-corrected chi connectivity index (χ4v) is 1.60. The van der Waals surface area contributed by atoms with Gasteiger partial charge in [-0.3, -0.25) is 13.3 Å². The third kappa shape index (κ3) is 4.01. The molecule has 1 rings (SSSR count).